The van der Waals surface area contributed by atoms with Crippen molar-refractivity contribution < 1.29 is 0 Å². The maximum absolute atomic E-state index is 6.09. The first kappa shape index (κ1) is 11.1. The Bertz CT molecular complexity index is 466. The summed E-state index contributed by atoms with van der Waals surface area (Å²) in [6.45, 7) is 0. The monoisotopic (exact) mass is 315 g/mol. The van der Waals surface area contributed by atoms with Gasteiger partial charge in [-0.15, -0.1) is 0 Å². The molecule has 0 unspecified atom stereocenters. The first-order valence-corrected chi connectivity index (χ1v) is 7.66. The van der Waals surface area contributed by atoms with Gasteiger partial charge in [0.05, 0.1) is 10.7 Å². The van der Waals surface area contributed by atoms with E-state index in [0.717, 1.165) is 15.2 Å². The molecule has 2 aliphatic heterocycles. The van der Waals surface area contributed by atoms with E-state index in [1.165, 1.54) is 29.9 Å². The number of benzene rings is 1. The van der Waals surface area contributed by atoms with E-state index < -0.39 is 0 Å². The van der Waals surface area contributed by atoms with Crippen LogP contribution in [0.3, 0.4) is 0 Å². The summed E-state index contributed by atoms with van der Waals surface area (Å²) in [6, 6.07) is 4.12. The van der Waals surface area contributed by atoms with Crippen molar-refractivity contribution in [1.29, 1.82) is 0 Å². The molecule has 2 heterocycles. The van der Waals surface area contributed by atoms with Crippen molar-refractivity contribution in [2.45, 2.75) is 18.3 Å². The average Bonchev–Trinajstić information content (AvgIpc) is 2.60. The lowest BCUT2D eigenvalue weighted by atomic mass is 9.77. The molecule has 0 aromatic heterocycles. The summed E-state index contributed by atoms with van der Waals surface area (Å²) < 4.78 is 0.982. The third-order valence-corrected chi connectivity index (χ3v) is 5.59. The van der Waals surface area contributed by atoms with Crippen molar-refractivity contribution in [2.75, 3.05) is 11.5 Å². The maximum Gasteiger partial charge on any atom is 0.0683 e. The fraction of sp³-hybridized carbons (Fsp3) is 0.417. The highest BCUT2D eigenvalue weighted by atomic mass is 79.9. The summed E-state index contributed by atoms with van der Waals surface area (Å²) in [5.74, 6) is 2.46. The van der Waals surface area contributed by atoms with Crippen LogP contribution in [0.15, 0.2) is 21.6 Å². The molecule has 3 rings (SSSR count). The van der Waals surface area contributed by atoms with Gasteiger partial charge in [-0.1, -0.05) is 11.6 Å². The molecule has 2 aliphatic rings. The molecule has 16 heavy (non-hydrogen) atoms. The van der Waals surface area contributed by atoms with E-state index in [1.807, 2.05) is 17.8 Å². The van der Waals surface area contributed by atoms with Crippen LogP contribution in [0.25, 0.3) is 0 Å². The van der Waals surface area contributed by atoms with Gasteiger partial charge in [-0.3, -0.25) is 4.99 Å². The Morgan fingerprint density at radius 1 is 1.31 bits per heavy atom. The van der Waals surface area contributed by atoms with Crippen molar-refractivity contribution in [3.8, 4) is 0 Å². The predicted octanol–water partition coefficient (Wildman–Crippen LogP) is 4.58. The number of hydrogen-bond donors (Lipinski definition) is 0. The van der Waals surface area contributed by atoms with Crippen molar-refractivity contribution >= 4 is 51.2 Å². The summed E-state index contributed by atoms with van der Waals surface area (Å²) in [7, 11) is 0. The minimum absolute atomic E-state index is 0.188. The van der Waals surface area contributed by atoms with Gasteiger partial charge in [0.25, 0.3) is 0 Å². The number of aliphatic imine (C=N–C) groups is 1. The van der Waals surface area contributed by atoms with Gasteiger partial charge in [-0.25, -0.2) is 0 Å². The number of halogens is 2. The highest BCUT2D eigenvalue weighted by molar-refractivity contribution is 9.10. The van der Waals surface area contributed by atoms with Gasteiger partial charge in [0.15, 0.2) is 0 Å². The molecule has 0 bridgehead atoms. The van der Waals surface area contributed by atoms with E-state index in [2.05, 4.69) is 33.2 Å². The SMILES string of the molecule is Clc1cc2c(cc1Br)C1(C=N2)CCSCC1. The molecular weight excluding hydrogens is 306 g/mol. The zero-order valence-corrected chi connectivity index (χ0v) is 11.8. The molecule has 1 nitrogen and oxygen atoms in total. The summed E-state index contributed by atoms with van der Waals surface area (Å²) in [5, 5.41) is 0.748. The Hall–Kier alpha value is 0.01000. The molecule has 4 heteroatoms. The molecule has 0 amide bonds. The van der Waals surface area contributed by atoms with E-state index in [0.29, 0.717) is 0 Å². The molecule has 84 valence electrons. The van der Waals surface area contributed by atoms with Crippen LogP contribution >= 0.6 is 39.3 Å². The molecule has 1 fully saturated rings. The molecule has 1 spiro atoms. The zero-order valence-electron chi connectivity index (χ0n) is 8.67. The van der Waals surface area contributed by atoms with E-state index in [1.54, 1.807) is 0 Å². The molecule has 0 saturated carbocycles. The van der Waals surface area contributed by atoms with Crippen LogP contribution in [0.4, 0.5) is 5.69 Å². The number of thioether (sulfide) groups is 1. The quantitative estimate of drug-likeness (QED) is 0.682. The smallest absolute Gasteiger partial charge is 0.0683 e. The maximum atomic E-state index is 6.09. The van der Waals surface area contributed by atoms with Crippen LogP contribution < -0.4 is 0 Å². The van der Waals surface area contributed by atoms with E-state index in [-0.39, 0.29) is 5.41 Å². The Morgan fingerprint density at radius 3 is 2.81 bits per heavy atom. The molecule has 1 aromatic carbocycles. The molecule has 0 aliphatic carbocycles. The molecule has 1 saturated heterocycles. The normalized spacial score (nSPS) is 21.4. The largest absolute Gasteiger partial charge is 0.260 e. The number of hydrogen-bond acceptors (Lipinski definition) is 2. The topological polar surface area (TPSA) is 12.4 Å². The number of rotatable bonds is 0. The van der Waals surface area contributed by atoms with E-state index >= 15 is 0 Å². The lowest BCUT2D eigenvalue weighted by Gasteiger charge is -2.31. The van der Waals surface area contributed by atoms with Crippen LogP contribution in [-0.2, 0) is 5.41 Å². The third kappa shape index (κ3) is 1.64. The molecule has 0 radical (unpaired) electrons. The first-order valence-electron chi connectivity index (χ1n) is 5.34. The van der Waals surface area contributed by atoms with E-state index in [4.69, 9.17) is 11.6 Å². The first-order chi connectivity index (χ1) is 7.71. The molecule has 0 atom stereocenters. The molecule has 1 aromatic rings. The number of fused-ring (bicyclic) bond motifs is 2. The highest BCUT2D eigenvalue weighted by Crippen LogP contribution is 2.47. The lowest BCUT2D eigenvalue weighted by Crippen LogP contribution is -2.30. The fourth-order valence-electron chi connectivity index (χ4n) is 2.44. The lowest BCUT2D eigenvalue weighted by molar-refractivity contribution is 0.551. The van der Waals surface area contributed by atoms with Crippen LogP contribution in [0.1, 0.15) is 18.4 Å². The van der Waals surface area contributed by atoms with Crippen molar-refractivity contribution in [1.82, 2.24) is 0 Å². The summed E-state index contributed by atoms with van der Waals surface area (Å²) in [5.41, 5.74) is 2.59. The fourth-order valence-corrected chi connectivity index (χ4v) is 4.16. The Labute approximate surface area is 113 Å². The van der Waals surface area contributed by atoms with Crippen LogP contribution in [0.2, 0.25) is 5.02 Å². The van der Waals surface area contributed by atoms with Gasteiger partial charge >= 0.3 is 0 Å². The standard InChI is InChI=1S/C12H11BrClNS/c13-9-5-8-11(6-10(9)14)15-7-12(8)1-3-16-4-2-12/h5-7H,1-4H2. The number of nitrogens with zero attached hydrogens (tertiary/aromatic N) is 1. The second kappa shape index (κ2) is 4.04. The van der Waals surface area contributed by atoms with Gasteiger partial charge in [0, 0.05) is 16.1 Å². The van der Waals surface area contributed by atoms with Gasteiger partial charge in [-0.2, -0.15) is 11.8 Å². The van der Waals surface area contributed by atoms with Crippen LogP contribution in [0.5, 0.6) is 0 Å². The van der Waals surface area contributed by atoms with Gasteiger partial charge in [-0.05, 0) is 58.0 Å². The summed E-state index contributed by atoms with van der Waals surface area (Å²) in [4.78, 5) is 4.54. The van der Waals surface area contributed by atoms with Crippen molar-refractivity contribution in [3.05, 3.63) is 27.2 Å². The Morgan fingerprint density at radius 2 is 2.06 bits per heavy atom. The minimum Gasteiger partial charge on any atom is -0.260 e. The minimum atomic E-state index is 0.188. The summed E-state index contributed by atoms with van der Waals surface area (Å²) >= 11 is 11.6. The predicted molar refractivity (Wildman–Crippen MR) is 75.5 cm³/mol. The zero-order chi connectivity index (χ0) is 11.2. The van der Waals surface area contributed by atoms with Crippen molar-refractivity contribution in [2.24, 2.45) is 4.99 Å². The van der Waals surface area contributed by atoms with Crippen LogP contribution in [0, 0.1) is 0 Å². The second-order valence-electron chi connectivity index (χ2n) is 4.31. The molecular formula is C12H11BrClNS. The Balaban J connectivity index is 2.10. The van der Waals surface area contributed by atoms with E-state index in [9.17, 15) is 0 Å². The second-order valence-corrected chi connectivity index (χ2v) is 6.80. The third-order valence-electron chi connectivity index (χ3n) is 3.41. The van der Waals surface area contributed by atoms with Crippen LogP contribution in [-0.4, -0.2) is 17.7 Å². The highest BCUT2D eigenvalue weighted by Gasteiger charge is 2.38. The van der Waals surface area contributed by atoms with Gasteiger partial charge in [0.2, 0.25) is 0 Å². The van der Waals surface area contributed by atoms with Gasteiger partial charge in [0.1, 0.15) is 0 Å². The summed E-state index contributed by atoms with van der Waals surface area (Å²) in [6.07, 6.45) is 4.53. The average molecular weight is 317 g/mol. The Kier molecular flexibility index (Phi) is 2.81. The molecule has 0 N–H and O–H groups in total. The van der Waals surface area contributed by atoms with Crippen molar-refractivity contribution in [3.63, 3.8) is 0 Å². The van der Waals surface area contributed by atoms with Gasteiger partial charge < -0.3 is 0 Å².